The van der Waals surface area contributed by atoms with Crippen molar-refractivity contribution in [2.75, 3.05) is 6.61 Å². The largest absolute Gasteiger partial charge is 2.00 e. The molecule has 1 atom stereocenters. The second-order valence-corrected chi connectivity index (χ2v) is 1.09. The van der Waals surface area contributed by atoms with Crippen LogP contribution in [0.5, 0.6) is 0 Å². The first-order valence-corrected chi connectivity index (χ1v) is 1.73. The Bertz CT molecular complexity index is 76.9. The molecular formula is C3H5MgNO3. The van der Waals surface area contributed by atoms with Gasteiger partial charge < -0.3 is 20.7 Å². The molecule has 0 fully saturated rings. The quantitative estimate of drug-likeness (QED) is 0.383. The third-order valence-corrected chi connectivity index (χ3v) is 0.482. The zero-order valence-corrected chi connectivity index (χ0v) is 5.71. The van der Waals surface area contributed by atoms with Gasteiger partial charge in [-0.05, 0) is 0 Å². The fourth-order valence-corrected chi connectivity index (χ4v) is 0.0680. The van der Waals surface area contributed by atoms with Gasteiger partial charge in [-0.25, -0.2) is 0 Å². The summed E-state index contributed by atoms with van der Waals surface area (Å²) in [6.07, 6.45) is 0. The fourth-order valence-electron chi connectivity index (χ4n) is 0.0680. The maximum atomic E-state index is 9.53. The van der Waals surface area contributed by atoms with E-state index in [4.69, 9.17) is 0 Å². The summed E-state index contributed by atoms with van der Waals surface area (Å²) in [7, 11) is 0. The van der Waals surface area contributed by atoms with Crippen LogP contribution in [0.25, 0.3) is 0 Å². The van der Waals surface area contributed by atoms with E-state index in [1.54, 1.807) is 0 Å². The van der Waals surface area contributed by atoms with Crippen LogP contribution >= 0.6 is 0 Å². The molecule has 0 bridgehead atoms. The van der Waals surface area contributed by atoms with E-state index in [2.05, 4.69) is 5.73 Å². The summed E-state index contributed by atoms with van der Waals surface area (Å²) in [5, 5.41) is 19.0. The van der Waals surface area contributed by atoms with Crippen LogP contribution in [0.1, 0.15) is 0 Å². The molecule has 0 aliphatic heterocycles. The maximum absolute atomic E-state index is 9.53. The van der Waals surface area contributed by atoms with E-state index in [1.807, 2.05) is 0 Å². The molecule has 0 amide bonds. The van der Waals surface area contributed by atoms with Gasteiger partial charge in [-0.2, -0.15) is 0 Å². The molecule has 8 heavy (non-hydrogen) atoms. The first kappa shape index (κ1) is 11.0. The van der Waals surface area contributed by atoms with E-state index < -0.39 is 18.6 Å². The number of rotatable bonds is 2. The number of nitrogens with two attached hydrogens (primary N) is 1. The third kappa shape index (κ3) is 4.32. The SMILES string of the molecule is NC(C[O-])C(=O)[O-].[Mg+2]. The van der Waals surface area contributed by atoms with E-state index >= 15 is 0 Å². The predicted octanol–water partition coefficient (Wildman–Crippen LogP) is -3.96. The molecule has 4 nitrogen and oxygen atoms in total. The Labute approximate surface area is 62.8 Å². The molecular weight excluding hydrogens is 122 g/mol. The molecule has 0 aliphatic carbocycles. The number of carboxylic acids is 1. The van der Waals surface area contributed by atoms with Crippen LogP contribution in [0, 0.1) is 0 Å². The molecule has 0 aromatic heterocycles. The van der Waals surface area contributed by atoms with Crippen molar-refractivity contribution in [1.29, 1.82) is 0 Å². The molecule has 1 unspecified atom stereocenters. The second kappa shape index (κ2) is 5.30. The van der Waals surface area contributed by atoms with Gasteiger partial charge in [0.1, 0.15) is 0 Å². The number of carbonyl (C=O) groups excluding carboxylic acids is 1. The van der Waals surface area contributed by atoms with Crippen LogP contribution in [0.2, 0.25) is 0 Å². The van der Waals surface area contributed by atoms with E-state index in [9.17, 15) is 15.0 Å². The fraction of sp³-hybridized carbons (Fsp3) is 0.667. The molecule has 0 saturated carbocycles. The van der Waals surface area contributed by atoms with Crippen molar-refractivity contribution in [3.05, 3.63) is 0 Å². The number of hydrogen-bond acceptors (Lipinski definition) is 4. The minimum absolute atomic E-state index is 0. The van der Waals surface area contributed by atoms with Gasteiger partial charge in [0.25, 0.3) is 0 Å². The summed E-state index contributed by atoms with van der Waals surface area (Å²) < 4.78 is 0. The van der Waals surface area contributed by atoms with Gasteiger partial charge in [-0.1, -0.05) is 0 Å². The van der Waals surface area contributed by atoms with E-state index in [0.29, 0.717) is 0 Å². The Balaban J connectivity index is 0. The third-order valence-electron chi connectivity index (χ3n) is 0.482. The van der Waals surface area contributed by atoms with Crippen molar-refractivity contribution in [2.45, 2.75) is 6.04 Å². The second-order valence-electron chi connectivity index (χ2n) is 1.09. The van der Waals surface area contributed by atoms with Crippen LogP contribution in [-0.2, 0) is 4.79 Å². The summed E-state index contributed by atoms with van der Waals surface area (Å²) in [5.41, 5.74) is 4.64. The van der Waals surface area contributed by atoms with Gasteiger partial charge in [0.2, 0.25) is 0 Å². The number of hydrogen-bond donors (Lipinski definition) is 1. The molecule has 5 heteroatoms. The van der Waals surface area contributed by atoms with Crippen molar-refractivity contribution >= 4 is 29.0 Å². The Morgan fingerprint density at radius 1 is 1.75 bits per heavy atom. The average molecular weight is 127 g/mol. The minimum atomic E-state index is -1.49. The van der Waals surface area contributed by atoms with Gasteiger partial charge in [-0.3, -0.25) is 0 Å². The zero-order valence-electron chi connectivity index (χ0n) is 4.29. The van der Waals surface area contributed by atoms with Gasteiger partial charge >= 0.3 is 23.1 Å². The summed E-state index contributed by atoms with van der Waals surface area (Å²) in [4.78, 5) is 9.49. The monoisotopic (exact) mass is 127 g/mol. The molecule has 0 heterocycles. The number of aliphatic carboxylic acids is 1. The molecule has 0 radical (unpaired) electrons. The van der Waals surface area contributed by atoms with Crippen LogP contribution < -0.4 is 15.9 Å². The van der Waals surface area contributed by atoms with E-state index in [-0.39, 0.29) is 23.1 Å². The van der Waals surface area contributed by atoms with Crippen molar-refractivity contribution in [3.63, 3.8) is 0 Å². The Kier molecular flexibility index (Phi) is 7.30. The Hall–Kier alpha value is 0.156. The molecule has 0 aromatic carbocycles. The van der Waals surface area contributed by atoms with Gasteiger partial charge in [-0.15, -0.1) is 6.61 Å². The Morgan fingerprint density at radius 3 is 2.12 bits per heavy atom. The summed E-state index contributed by atoms with van der Waals surface area (Å²) in [6, 6.07) is -1.35. The molecule has 2 N–H and O–H groups in total. The average Bonchev–Trinajstić information content (AvgIpc) is 1.65. The van der Waals surface area contributed by atoms with E-state index in [0.717, 1.165) is 0 Å². The molecule has 0 saturated heterocycles. The van der Waals surface area contributed by atoms with Crippen molar-refractivity contribution < 1.29 is 15.0 Å². The predicted molar refractivity (Wildman–Crippen MR) is 23.6 cm³/mol. The molecule has 0 spiro atoms. The van der Waals surface area contributed by atoms with Crippen LogP contribution in [0.4, 0.5) is 0 Å². The van der Waals surface area contributed by atoms with E-state index in [1.165, 1.54) is 0 Å². The normalized spacial score (nSPS) is 11.8. The van der Waals surface area contributed by atoms with Crippen molar-refractivity contribution in [1.82, 2.24) is 0 Å². The molecule has 0 rings (SSSR count). The Morgan fingerprint density at radius 2 is 2.12 bits per heavy atom. The molecule has 0 aromatic rings. The summed E-state index contributed by atoms with van der Waals surface area (Å²) >= 11 is 0. The van der Waals surface area contributed by atoms with Crippen molar-refractivity contribution in [2.24, 2.45) is 5.73 Å². The smallest absolute Gasteiger partial charge is 0.853 e. The van der Waals surface area contributed by atoms with Crippen LogP contribution in [0.15, 0.2) is 0 Å². The standard InChI is InChI=1S/C3H6NO3.Mg/c4-2(1-5)3(6)7;/h2H,1,4H2,(H,6,7);/q-1;+2/p-1. The topological polar surface area (TPSA) is 89.2 Å². The first-order chi connectivity index (χ1) is 3.18. The van der Waals surface area contributed by atoms with Gasteiger partial charge in [0.15, 0.2) is 0 Å². The maximum Gasteiger partial charge on any atom is 2.00 e. The minimum Gasteiger partial charge on any atom is -0.853 e. The van der Waals surface area contributed by atoms with Gasteiger partial charge in [0, 0.05) is 6.04 Å². The van der Waals surface area contributed by atoms with Crippen LogP contribution in [-0.4, -0.2) is 41.7 Å². The van der Waals surface area contributed by atoms with Crippen LogP contribution in [0.3, 0.4) is 0 Å². The summed E-state index contributed by atoms with van der Waals surface area (Å²) in [5.74, 6) is -1.49. The van der Waals surface area contributed by atoms with Gasteiger partial charge in [0.05, 0.1) is 5.97 Å². The number of carboxylic acid groups (broad SMARTS) is 1. The number of carbonyl (C=O) groups is 1. The summed E-state index contributed by atoms with van der Waals surface area (Å²) in [6.45, 7) is -0.817. The zero-order chi connectivity index (χ0) is 5.86. The molecule has 42 valence electrons. The first-order valence-electron chi connectivity index (χ1n) is 1.73. The van der Waals surface area contributed by atoms with Crippen molar-refractivity contribution in [3.8, 4) is 0 Å². The molecule has 0 aliphatic rings.